The minimum Gasteiger partial charge on any atom is -0.354 e. The Bertz CT molecular complexity index is 1950. The fourth-order valence-electron chi connectivity index (χ4n) is 5.07. The van der Waals surface area contributed by atoms with Crippen LogP contribution in [0.15, 0.2) is 79.0 Å². The van der Waals surface area contributed by atoms with Crippen LogP contribution < -0.4 is 16.0 Å². The second-order valence-corrected chi connectivity index (χ2v) is 11.9. The van der Waals surface area contributed by atoms with Crippen LogP contribution in [-0.4, -0.2) is 83.5 Å². The second-order valence-electron chi connectivity index (χ2n) is 11.5. The number of hydrogen-bond donors (Lipinski definition) is 4. The maximum atomic E-state index is 14.0. The molecule has 2 aromatic heterocycles. The van der Waals surface area contributed by atoms with Crippen molar-refractivity contribution in [2.45, 2.75) is 12.8 Å². The predicted octanol–water partition coefficient (Wildman–Crippen LogP) is 5.94. The summed E-state index contributed by atoms with van der Waals surface area (Å²) >= 11 is 6.32. The number of carbonyl (C=O) groups is 3. The zero-order valence-electron chi connectivity index (χ0n) is 26.8. The molecule has 0 bridgehead atoms. The lowest BCUT2D eigenvalue weighted by Gasteiger charge is -2.18. The summed E-state index contributed by atoms with van der Waals surface area (Å²) in [6.07, 6.45) is 2.26. The number of rotatable bonds is 13. The van der Waals surface area contributed by atoms with Crippen LogP contribution in [-0.2, 0) is 4.79 Å². The van der Waals surface area contributed by atoms with Gasteiger partial charge in [-0.3, -0.25) is 19.5 Å². The average molecular weight is 671 g/mol. The highest BCUT2D eigenvalue weighted by molar-refractivity contribution is 6.33. The lowest BCUT2D eigenvalue weighted by atomic mass is 10.0. The molecule has 3 aromatic carbocycles. The molecule has 4 N–H and O–H groups in total. The number of H-pyrrole nitrogens is 1. The molecular weight excluding hydrogens is 635 g/mol. The molecule has 5 aromatic rings. The Morgan fingerprint density at radius 3 is 2.52 bits per heavy atom. The van der Waals surface area contributed by atoms with Crippen LogP contribution in [0.4, 0.5) is 21.5 Å². The van der Waals surface area contributed by atoms with Crippen molar-refractivity contribution in [3.8, 4) is 11.3 Å². The lowest BCUT2D eigenvalue weighted by Crippen LogP contribution is -2.36. The van der Waals surface area contributed by atoms with Crippen LogP contribution in [0, 0.1) is 5.95 Å². The van der Waals surface area contributed by atoms with Crippen LogP contribution in [0.25, 0.3) is 22.2 Å². The summed E-state index contributed by atoms with van der Waals surface area (Å²) in [7, 11) is 5.41. The van der Waals surface area contributed by atoms with Crippen LogP contribution in [0.2, 0.25) is 5.02 Å². The maximum absolute atomic E-state index is 14.0. The first-order chi connectivity index (χ1) is 23.1. The highest BCUT2D eigenvalue weighted by atomic mass is 35.5. The molecule has 48 heavy (non-hydrogen) atoms. The molecule has 0 aliphatic heterocycles. The summed E-state index contributed by atoms with van der Waals surface area (Å²) in [5.41, 5.74) is 4.12. The van der Waals surface area contributed by atoms with Crippen molar-refractivity contribution in [2.75, 3.05) is 51.4 Å². The smallest absolute Gasteiger partial charge is 0.258 e. The maximum Gasteiger partial charge on any atom is 0.258 e. The molecule has 0 fully saturated rings. The van der Waals surface area contributed by atoms with Gasteiger partial charge in [0.1, 0.15) is 0 Å². The van der Waals surface area contributed by atoms with Crippen LogP contribution in [0.1, 0.15) is 33.6 Å². The number of likely N-dealkylation sites (N-methyl/N-ethyl adjacent to an activating group) is 1. The molecule has 0 saturated heterocycles. The molecule has 5 rings (SSSR count). The third kappa shape index (κ3) is 8.52. The van der Waals surface area contributed by atoms with Crippen molar-refractivity contribution >= 4 is 57.3 Å². The van der Waals surface area contributed by atoms with E-state index in [4.69, 9.17) is 11.6 Å². The standard InChI is InChI=1S/C35H36ClFN8O3/c1-44(2)16-7-11-31(46)41-25-19-22(32-26-13-12-24(21-30(26)42-43-32)40-29-10-5-4-9-28(29)36)18-23(20-25)34(47)39-15-17-45(3)35(48)27-8-6-14-38-33(27)37/h4-6,8-10,12-14,18-21,40H,7,11,15-17H2,1-3H3,(H,39,47)(H,41,46)(H,42,43). The highest BCUT2D eigenvalue weighted by Gasteiger charge is 2.18. The van der Waals surface area contributed by atoms with Crippen molar-refractivity contribution in [1.82, 2.24) is 30.3 Å². The molecule has 0 radical (unpaired) electrons. The van der Waals surface area contributed by atoms with Gasteiger partial charge in [0, 0.05) is 60.6 Å². The van der Waals surface area contributed by atoms with E-state index < -0.39 is 17.8 Å². The van der Waals surface area contributed by atoms with Crippen molar-refractivity contribution in [2.24, 2.45) is 0 Å². The fourth-order valence-corrected chi connectivity index (χ4v) is 5.26. The minimum atomic E-state index is -0.856. The number of benzene rings is 3. The predicted molar refractivity (Wildman–Crippen MR) is 186 cm³/mol. The topological polar surface area (TPSA) is 135 Å². The summed E-state index contributed by atoms with van der Waals surface area (Å²) in [5.74, 6) is -2.00. The van der Waals surface area contributed by atoms with E-state index >= 15 is 0 Å². The molecule has 2 heterocycles. The van der Waals surface area contributed by atoms with Gasteiger partial charge in [-0.15, -0.1) is 0 Å². The first-order valence-corrected chi connectivity index (χ1v) is 15.7. The van der Waals surface area contributed by atoms with E-state index in [0.717, 1.165) is 28.8 Å². The third-order valence-corrected chi connectivity index (χ3v) is 7.88. The van der Waals surface area contributed by atoms with Crippen molar-refractivity contribution in [3.63, 3.8) is 0 Å². The van der Waals surface area contributed by atoms with Crippen molar-refractivity contribution in [3.05, 3.63) is 101 Å². The van der Waals surface area contributed by atoms with Crippen molar-refractivity contribution < 1.29 is 18.8 Å². The quantitative estimate of drug-likeness (QED) is 0.114. The normalized spacial score (nSPS) is 11.0. The zero-order chi connectivity index (χ0) is 34.2. The molecule has 0 unspecified atom stereocenters. The van der Waals surface area contributed by atoms with Crippen LogP contribution in [0.3, 0.4) is 0 Å². The fraction of sp³-hybridized carbons (Fsp3) is 0.229. The van der Waals surface area contributed by atoms with Gasteiger partial charge in [-0.05, 0) is 87.7 Å². The summed E-state index contributed by atoms with van der Waals surface area (Å²) < 4.78 is 14.0. The van der Waals surface area contributed by atoms with Crippen LogP contribution in [0.5, 0.6) is 0 Å². The van der Waals surface area contributed by atoms with Gasteiger partial charge in [0.15, 0.2) is 0 Å². The molecule has 13 heteroatoms. The average Bonchev–Trinajstić information content (AvgIpc) is 3.48. The van der Waals surface area contributed by atoms with Gasteiger partial charge < -0.3 is 25.8 Å². The molecule has 0 saturated carbocycles. The second kappa shape index (κ2) is 15.5. The third-order valence-electron chi connectivity index (χ3n) is 7.55. The van der Waals surface area contributed by atoms with Gasteiger partial charge in [0.25, 0.3) is 11.8 Å². The molecule has 0 atom stereocenters. The number of para-hydroxylation sites is 1. The molecule has 11 nitrogen and oxygen atoms in total. The SMILES string of the molecule is CN(C)CCCC(=O)Nc1cc(C(=O)NCCN(C)C(=O)c2cccnc2F)cc(-c2n[nH]c3cc(Nc4ccccc4Cl)ccc23)c1. The first-order valence-electron chi connectivity index (χ1n) is 15.3. The minimum absolute atomic E-state index is 0.103. The van der Waals surface area contributed by atoms with E-state index in [9.17, 15) is 18.8 Å². The molecule has 3 amide bonds. The van der Waals surface area contributed by atoms with Crippen molar-refractivity contribution in [1.29, 1.82) is 0 Å². The number of halogens is 2. The number of anilines is 3. The Labute approximate surface area is 282 Å². The van der Waals surface area contributed by atoms with Gasteiger partial charge in [0.2, 0.25) is 11.9 Å². The summed E-state index contributed by atoms with van der Waals surface area (Å²) in [6.45, 7) is 0.993. The number of nitrogens with one attached hydrogen (secondary N) is 4. The Balaban J connectivity index is 1.36. The number of nitrogens with zero attached hydrogens (tertiary/aromatic N) is 4. The van der Waals surface area contributed by atoms with Gasteiger partial charge in [-0.25, -0.2) is 4.98 Å². The number of amides is 3. The monoisotopic (exact) mass is 670 g/mol. The summed E-state index contributed by atoms with van der Waals surface area (Å²) in [4.78, 5) is 45.7. The molecular formula is C35H36ClFN8O3. The number of aromatic nitrogens is 3. The van der Waals surface area contributed by atoms with E-state index in [0.29, 0.717) is 34.8 Å². The molecule has 0 aliphatic rings. The van der Waals surface area contributed by atoms with E-state index in [1.54, 1.807) is 24.3 Å². The Morgan fingerprint density at radius 1 is 0.938 bits per heavy atom. The first kappa shape index (κ1) is 34.0. The number of aromatic amines is 1. The van der Waals surface area contributed by atoms with Gasteiger partial charge in [-0.2, -0.15) is 9.49 Å². The van der Waals surface area contributed by atoms with E-state index in [1.165, 1.54) is 30.3 Å². The molecule has 0 aliphatic carbocycles. The number of hydrogen-bond acceptors (Lipinski definition) is 7. The molecule has 248 valence electrons. The number of pyridine rings is 1. The zero-order valence-corrected chi connectivity index (χ0v) is 27.6. The Kier molecular flexibility index (Phi) is 11.0. The van der Waals surface area contributed by atoms with Crippen LogP contribution >= 0.6 is 11.6 Å². The van der Waals surface area contributed by atoms with Gasteiger partial charge in [0.05, 0.1) is 27.5 Å². The highest BCUT2D eigenvalue weighted by Crippen LogP contribution is 2.32. The van der Waals surface area contributed by atoms with Gasteiger partial charge >= 0.3 is 0 Å². The van der Waals surface area contributed by atoms with E-state index in [2.05, 4.69) is 31.1 Å². The largest absolute Gasteiger partial charge is 0.354 e. The molecule has 0 spiro atoms. The Morgan fingerprint density at radius 2 is 1.75 bits per heavy atom. The van der Waals surface area contributed by atoms with E-state index in [-0.39, 0.29) is 30.1 Å². The summed E-state index contributed by atoms with van der Waals surface area (Å²) in [5, 5.41) is 18.1. The number of fused-ring (bicyclic) bond motifs is 1. The number of carbonyl (C=O) groups excluding carboxylic acids is 3. The Hall–Kier alpha value is -5.33. The lowest BCUT2D eigenvalue weighted by molar-refractivity contribution is -0.116. The van der Waals surface area contributed by atoms with E-state index in [1.807, 2.05) is 55.4 Å². The summed E-state index contributed by atoms with van der Waals surface area (Å²) in [6, 6.07) is 21.1. The van der Waals surface area contributed by atoms with Gasteiger partial charge in [-0.1, -0.05) is 23.7 Å².